The molecule has 1 aromatic rings. The van der Waals surface area contributed by atoms with Crippen LogP contribution < -0.4 is 0 Å². The SMILES string of the molecule is CC(O)CN=Cc1cc([N+](=O)[O-])ccc1O. The number of rotatable bonds is 4. The van der Waals surface area contributed by atoms with E-state index in [1.54, 1.807) is 6.92 Å². The van der Waals surface area contributed by atoms with Crippen molar-refractivity contribution in [2.75, 3.05) is 6.54 Å². The van der Waals surface area contributed by atoms with Crippen molar-refractivity contribution < 1.29 is 15.1 Å². The minimum absolute atomic E-state index is 0.0834. The Morgan fingerprint density at radius 1 is 1.62 bits per heavy atom. The van der Waals surface area contributed by atoms with E-state index < -0.39 is 11.0 Å². The van der Waals surface area contributed by atoms with E-state index in [-0.39, 0.29) is 23.5 Å². The Morgan fingerprint density at radius 3 is 2.88 bits per heavy atom. The average molecular weight is 224 g/mol. The number of benzene rings is 1. The maximum Gasteiger partial charge on any atom is 0.270 e. The van der Waals surface area contributed by atoms with E-state index in [4.69, 9.17) is 5.11 Å². The van der Waals surface area contributed by atoms with Gasteiger partial charge in [-0.3, -0.25) is 15.1 Å². The average Bonchev–Trinajstić information content (AvgIpc) is 2.20. The summed E-state index contributed by atoms with van der Waals surface area (Å²) in [5.41, 5.74) is 0.145. The number of nitro groups is 1. The van der Waals surface area contributed by atoms with Crippen LogP contribution in [0.5, 0.6) is 5.75 Å². The molecule has 1 unspecified atom stereocenters. The quantitative estimate of drug-likeness (QED) is 0.454. The Bertz CT molecular complexity index is 415. The molecule has 0 radical (unpaired) electrons. The summed E-state index contributed by atoms with van der Waals surface area (Å²) in [6.07, 6.45) is 0.715. The molecule has 0 heterocycles. The number of hydrogen-bond acceptors (Lipinski definition) is 5. The van der Waals surface area contributed by atoms with Crippen LogP contribution in [0.2, 0.25) is 0 Å². The molecule has 2 N–H and O–H groups in total. The van der Waals surface area contributed by atoms with Gasteiger partial charge in [-0.25, -0.2) is 0 Å². The molecule has 16 heavy (non-hydrogen) atoms. The summed E-state index contributed by atoms with van der Waals surface area (Å²) in [6, 6.07) is 3.67. The van der Waals surface area contributed by atoms with Gasteiger partial charge in [-0.2, -0.15) is 0 Å². The molecule has 0 saturated carbocycles. The highest BCUT2D eigenvalue weighted by atomic mass is 16.6. The lowest BCUT2D eigenvalue weighted by molar-refractivity contribution is -0.384. The lowest BCUT2D eigenvalue weighted by Crippen LogP contribution is -2.04. The third-order valence-corrected chi connectivity index (χ3v) is 1.82. The Morgan fingerprint density at radius 2 is 2.31 bits per heavy atom. The van der Waals surface area contributed by atoms with E-state index in [1.807, 2.05) is 0 Å². The Kier molecular flexibility index (Phi) is 3.96. The molecule has 0 aromatic heterocycles. The largest absolute Gasteiger partial charge is 0.507 e. The second kappa shape index (κ2) is 5.22. The third kappa shape index (κ3) is 3.32. The van der Waals surface area contributed by atoms with Crippen molar-refractivity contribution in [2.24, 2.45) is 4.99 Å². The molecule has 6 nitrogen and oxygen atoms in total. The van der Waals surface area contributed by atoms with Gasteiger partial charge in [0.05, 0.1) is 17.6 Å². The summed E-state index contributed by atoms with van der Waals surface area (Å²) in [7, 11) is 0. The lowest BCUT2D eigenvalue weighted by Gasteiger charge is -2.00. The predicted octanol–water partition coefficient (Wildman–Crippen LogP) is 1.10. The number of non-ortho nitro benzene ring substituents is 1. The number of hydrogen-bond donors (Lipinski definition) is 2. The molecule has 0 aliphatic heterocycles. The first-order valence-corrected chi connectivity index (χ1v) is 4.66. The second-order valence-corrected chi connectivity index (χ2v) is 3.34. The van der Waals surface area contributed by atoms with Crippen molar-refractivity contribution in [1.82, 2.24) is 0 Å². The molecule has 0 spiro atoms. The number of aliphatic hydroxyl groups excluding tert-OH is 1. The number of aromatic hydroxyl groups is 1. The zero-order chi connectivity index (χ0) is 12.1. The fourth-order valence-corrected chi connectivity index (χ4v) is 1.06. The van der Waals surface area contributed by atoms with Crippen molar-refractivity contribution in [3.05, 3.63) is 33.9 Å². The molecule has 0 fully saturated rings. The highest BCUT2D eigenvalue weighted by molar-refractivity contribution is 5.84. The maximum absolute atomic E-state index is 10.5. The van der Waals surface area contributed by atoms with Crippen molar-refractivity contribution >= 4 is 11.9 Å². The van der Waals surface area contributed by atoms with Gasteiger partial charge in [0.25, 0.3) is 5.69 Å². The summed E-state index contributed by atoms with van der Waals surface area (Å²) in [5.74, 6) is -0.0834. The summed E-state index contributed by atoms with van der Waals surface area (Å²) in [6.45, 7) is 1.76. The summed E-state index contributed by atoms with van der Waals surface area (Å²) in [4.78, 5) is 13.8. The lowest BCUT2D eigenvalue weighted by atomic mass is 10.2. The highest BCUT2D eigenvalue weighted by Gasteiger charge is 2.08. The Labute approximate surface area is 92.0 Å². The zero-order valence-corrected chi connectivity index (χ0v) is 8.70. The summed E-state index contributed by atoms with van der Waals surface area (Å²) >= 11 is 0. The summed E-state index contributed by atoms with van der Waals surface area (Å²) in [5, 5.41) is 28.8. The Hall–Kier alpha value is -1.95. The van der Waals surface area contributed by atoms with Gasteiger partial charge in [-0.05, 0) is 13.0 Å². The van der Waals surface area contributed by atoms with Crippen LogP contribution in [-0.4, -0.2) is 34.0 Å². The van der Waals surface area contributed by atoms with E-state index in [2.05, 4.69) is 4.99 Å². The predicted molar refractivity (Wildman–Crippen MR) is 58.9 cm³/mol. The molecule has 0 amide bonds. The van der Waals surface area contributed by atoms with Gasteiger partial charge in [0.2, 0.25) is 0 Å². The number of aliphatic imine (C=N–C) groups is 1. The Balaban J connectivity index is 2.90. The molecule has 1 atom stereocenters. The molecule has 1 rings (SSSR count). The van der Waals surface area contributed by atoms with Gasteiger partial charge >= 0.3 is 0 Å². The van der Waals surface area contributed by atoms with Crippen LogP contribution >= 0.6 is 0 Å². The van der Waals surface area contributed by atoms with E-state index in [1.165, 1.54) is 24.4 Å². The molecule has 1 aromatic carbocycles. The first-order chi connectivity index (χ1) is 7.50. The van der Waals surface area contributed by atoms with Crippen LogP contribution in [0.15, 0.2) is 23.2 Å². The van der Waals surface area contributed by atoms with Gasteiger partial charge < -0.3 is 10.2 Å². The second-order valence-electron chi connectivity index (χ2n) is 3.34. The number of nitrogens with zero attached hydrogens (tertiary/aromatic N) is 2. The normalized spacial score (nSPS) is 12.9. The van der Waals surface area contributed by atoms with Crippen LogP contribution in [0, 0.1) is 10.1 Å². The molecule has 6 heteroatoms. The van der Waals surface area contributed by atoms with Crippen LogP contribution in [0.1, 0.15) is 12.5 Å². The monoisotopic (exact) mass is 224 g/mol. The van der Waals surface area contributed by atoms with Gasteiger partial charge in [-0.1, -0.05) is 0 Å². The van der Waals surface area contributed by atoms with Gasteiger partial charge in [0.1, 0.15) is 5.75 Å². The number of phenolic OH excluding ortho intramolecular Hbond substituents is 1. The number of nitro benzene ring substituents is 1. The molecular weight excluding hydrogens is 212 g/mol. The molecule has 86 valence electrons. The first kappa shape index (κ1) is 12.1. The minimum atomic E-state index is -0.586. The molecular formula is C10H12N2O4. The van der Waals surface area contributed by atoms with Crippen LogP contribution in [-0.2, 0) is 0 Å². The minimum Gasteiger partial charge on any atom is -0.507 e. The molecule has 0 bridgehead atoms. The molecule has 0 saturated heterocycles. The van der Waals surface area contributed by atoms with Crippen molar-refractivity contribution in [1.29, 1.82) is 0 Å². The van der Waals surface area contributed by atoms with Crippen molar-refractivity contribution in [3.63, 3.8) is 0 Å². The van der Waals surface area contributed by atoms with Gasteiger partial charge in [-0.15, -0.1) is 0 Å². The van der Waals surface area contributed by atoms with E-state index in [0.29, 0.717) is 0 Å². The number of phenols is 1. The molecule has 0 aliphatic rings. The topological polar surface area (TPSA) is 96.0 Å². The van der Waals surface area contributed by atoms with Crippen LogP contribution in [0.3, 0.4) is 0 Å². The van der Waals surface area contributed by atoms with E-state index >= 15 is 0 Å². The van der Waals surface area contributed by atoms with Gasteiger partial charge in [0.15, 0.2) is 0 Å². The number of aliphatic hydroxyl groups is 1. The fraction of sp³-hybridized carbons (Fsp3) is 0.300. The standard InChI is InChI=1S/C10H12N2O4/c1-7(13)5-11-6-8-4-9(12(15)16)2-3-10(8)14/h2-4,6-7,13-14H,5H2,1H3. The van der Waals surface area contributed by atoms with E-state index in [9.17, 15) is 15.2 Å². The van der Waals surface area contributed by atoms with Crippen LogP contribution in [0.4, 0.5) is 5.69 Å². The summed E-state index contributed by atoms with van der Waals surface area (Å²) < 4.78 is 0. The van der Waals surface area contributed by atoms with Crippen LogP contribution in [0.25, 0.3) is 0 Å². The van der Waals surface area contributed by atoms with Crippen molar-refractivity contribution in [2.45, 2.75) is 13.0 Å². The highest BCUT2D eigenvalue weighted by Crippen LogP contribution is 2.21. The third-order valence-electron chi connectivity index (χ3n) is 1.82. The molecule has 0 aliphatic carbocycles. The van der Waals surface area contributed by atoms with Gasteiger partial charge in [0, 0.05) is 23.9 Å². The maximum atomic E-state index is 10.5. The fourth-order valence-electron chi connectivity index (χ4n) is 1.06. The van der Waals surface area contributed by atoms with Crippen molar-refractivity contribution in [3.8, 4) is 5.75 Å². The first-order valence-electron chi connectivity index (χ1n) is 4.66. The zero-order valence-electron chi connectivity index (χ0n) is 8.70. The van der Waals surface area contributed by atoms with E-state index in [0.717, 1.165) is 0 Å². The smallest absolute Gasteiger partial charge is 0.270 e.